The third kappa shape index (κ3) is 6.52. The topological polar surface area (TPSA) is 234 Å². The van der Waals surface area contributed by atoms with Crippen molar-refractivity contribution in [3.8, 4) is 103 Å². The third-order valence-electron chi connectivity index (χ3n) is 8.64. The van der Waals surface area contributed by atoms with Crippen LogP contribution in [0, 0.1) is 20.8 Å². The van der Waals surface area contributed by atoms with Crippen LogP contribution < -0.4 is 0 Å². The van der Waals surface area contributed by atoms with Crippen molar-refractivity contribution >= 4 is 0 Å². The summed E-state index contributed by atoms with van der Waals surface area (Å²) in [6.07, 6.45) is 0. The SMILES string of the molecule is Cc1noc(-c2cccc(-c3noc(-c4cc(-c5nc(-c6cccc(-c7nc(C)no7)c6)no5)cc(-c5nc(-c6cccc(-c7nc(C)no7)c6)no5)c4)n3)c2)n1. The minimum atomic E-state index is 0.205. The summed E-state index contributed by atoms with van der Waals surface area (Å²) in [5, 5.41) is 24.5. The molecule has 10 rings (SSSR count). The van der Waals surface area contributed by atoms with Gasteiger partial charge >= 0.3 is 0 Å². The predicted molar refractivity (Wildman–Crippen MR) is 197 cm³/mol. The Morgan fingerprint density at radius 2 is 0.526 bits per heavy atom. The first-order valence-corrected chi connectivity index (χ1v) is 17.3. The van der Waals surface area contributed by atoms with E-state index in [4.69, 9.17) is 42.1 Å². The number of aromatic nitrogens is 12. The third-order valence-corrected chi connectivity index (χ3v) is 8.64. The van der Waals surface area contributed by atoms with Crippen molar-refractivity contribution in [3.63, 3.8) is 0 Å². The molecule has 0 unspecified atom stereocenters. The summed E-state index contributed by atoms with van der Waals surface area (Å²) in [6, 6.07) is 27.6. The Morgan fingerprint density at radius 1 is 0.281 bits per heavy atom. The molecular formula is C39H24N12O6. The van der Waals surface area contributed by atoms with Crippen LogP contribution >= 0.6 is 0 Å². The fourth-order valence-corrected chi connectivity index (χ4v) is 5.99. The molecule has 0 bridgehead atoms. The minimum Gasteiger partial charge on any atom is -0.334 e. The molecule has 0 aliphatic heterocycles. The van der Waals surface area contributed by atoms with Gasteiger partial charge in [-0.2, -0.15) is 29.9 Å². The predicted octanol–water partition coefficient (Wildman–Crippen LogP) is 7.91. The van der Waals surface area contributed by atoms with Gasteiger partial charge in [0.2, 0.25) is 17.5 Å². The zero-order valence-electron chi connectivity index (χ0n) is 30.0. The minimum absolute atomic E-state index is 0.205. The second-order valence-electron chi connectivity index (χ2n) is 12.8. The Bertz CT molecular complexity index is 2730. The fraction of sp³-hybridized carbons (Fsp3) is 0.0769. The first kappa shape index (κ1) is 33.3. The van der Waals surface area contributed by atoms with Crippen molar-refractivity contribution in [2.75, 3.05) is 0 Å². The number of hydrogen-bond acceptors (Lipinski definition) is 18. The lowest BCUT2D eigenvalue weighted by atomic mass is 10.0. The molecule has 0 amide bonds. The quantitative estimate of drug-likeness (QED) is 0.136. The molecule has 6 aromatic heterocycles. The van der Waals surface area contributed by atoms with E-state index in [9.17, 15) is 0 Å². The van der Waals surface area contributed by atoms with E-state index in [0.29, 0.717) is 103 Å². The summed E-state index contributed by atoms with van der Waals surface area (Å²) in [4.78, 5) is 27.2. The first-order valence-electron chi connectivity index (χ1n) is 17.3. The van der Waals surface area contributed by atoms with Crippen molar-refractivity contribution in [1.82, 2.24) is 60.8 Å². The zero-order valence-corrected chi connectivity index (χ0v) is 30.0. The second kappa shape index (κ2) is 13.5. The summed E-state index contributed by atoms with van der Waals surface area (Å²) in [5.74, 6) is 4.32. The monoisotopic (exact) mass is 756 g/mol. The van der Waals surface area contributed by atoms with Gasteiger partial charge < -0.3 is 27.1 Å². The van der Waals surface area contributed by atoms with E-state index in [1.165, 1.54) is 0 Å². The molecule has 0 N–H and O–H groups in total. The van der Waals surface area contributed by atoms with Crippen molar-refractivity contribution in [2.45, 2.75) is 20.8 Å². The molecule has 0 saturated carbocycles. The smallest absolute Gasteiger partial charge is 0.258 e. The number of hydrogen-bond donors (Lipinski definition) is 0. The molecule has 6 heterocycles. The van der Waals surface area contributed by atoms with Gasteiger partial charge in [0.05, 0.1) is 0 Å². The maximum Gasteiger partial charge on any atom is 0.258 e. The van der Waals surface area contributed by atoms with Crippen molar-refractivity contribution in [2.24, 2.45) is 0 Å². The van der Waals surface area contributed by atoms with Crippen molar-refractivity contribution in [1.29, 1.82) is 0 Å². The highest BCUT2D eigenvalue weighted by molar-refractivity contribution is 5.76. The van der Waals surface area contributed by atoms with Crippen LogP contribution in [0.2, 0.25) is 0 Å². The van der Waals surface area contributed by atoms with E-state index in [2.05, 4.69) is 45.9 Å². The maximum absolute atomic E-state index is 5.81. The molecule has 0 atom stereocenters. The lowest BCUT2D eigenvalue weighted by molar-refractivity contribution is 0.425. The summed E-state index contributed by atoms with van der Waals surface area (Å²) in [5.41, 5.74) is 5.71. The van der Waals surface area contributed by atoms with E-state index in [0.717, 1.165) is 0 Å². The highest BCUT2D eigenvalue weighted by atomic mass is 16.5. The van der Waals surface area contributed by atoms with Crippen LogP contribution in [0.25, 0.3) is 103 Å². The van der Waals surface area contributed by atoms with Gasteiger partial charge in [0.25, 0.3) is 35.3 Å². The molecule has 0 saturated heterocycles. The normalized spacial score (nSPS) is 11.4. The number of nitrogens with zero attached hydrogens (tertiary/aromatic N) is 12. The lowest BCUT2D eigenvalue weighted by Gasteiger charge is -2.03. The van der Waals surface area contributed by atoms with Crippen LogP contribution in [0.4, 0.5) is 0 Å². The average molecular weight is 757 g/mol. The van der Waals surface area contributed by atoms with Crippen LogP contribution in [0.1, 0.15) is 17.5 Å². The number of rotatable bonds is 9. The Balaban J connectivity index is 1.03. The van der Waals surface area contributed by atoms with Gasteiger partial charge in [-0.25, -0.2) is 0 Å². The molecule has 0 spiro atoms. The Hall–Kier alpha value is -8.28. The van der Waals surface area contributed by atoms with Gasteiger partial charge in [-0.1, -0.05) is 67.3 Å². The molecule has 0 radical (unpaired) electrons. The molecule has 0 fully saturated rings. The largest absolute Gasteiger partial charge is 0.334 e. The highest BCUT2D eigenvalue weighted by Gasteiger charge is 2.21. The number of aryl methyl sites for hydroxylation is 3. The molecule has 18 heteroatoms. The number of benzene rings is 4. The Morgan fingerprint density at radius 3 is 0.807 bits per heavy atom. The van der Waals surface area contributed by atoms with Crippen LogP contribution in [0.5, 0.6) is 0 Å². The maximum atomic E-state index is 5.81. The molecule has 57 heavy (non-hydrogen) atoms. The lowest BCUT2D eigenvalue weighted by Crippen LogP contribution is -1.88. The fourth-order valence-electron chi connectivity index (χ4n) is 5.99. The molecule has 4 aromatic carbocycles. The summed E-state index contributed by atoms with van der Waals surface area (Å²) in [6.45, 7) is 5.25. The van der Waals surface area contributed by atoms with Gasteiger partial charge in [-0.15, -0.1) is 0 Å². The van der Waals surface area contributed by atoms with Gasteiger partial charge in [-0.3, -0.25) is 0 Å². The van der Waals surface area contributed by atoms with E-state index in [1.807, 2.05) is 72.8 Å². The van der Waals surface area contributed by atoms with Crippen molar-refractivity contribution in [3.05, 3.63) is 108 Å². The first-order chi connectivity index (χ1) is 27.9. The van der Waals surface area contributed by atoms with E-state index in [1.54, 1.807) is 39.0 Å². The molecule has 276 valence electrons. The summed E-state index contributed by atoms with van der Waals surface area (Å²) >= 11 is 0. The standard InChI is InChI=1S/C39H24N12O6/c1-19-40-34(52-46-19)25-10-4-7-22(13-25)31-43-37(55-49-31)28-16-29(38-44-32(50-56-38)23-8-5-11-26(14-23)35-41-20(2)47-53-35)18-30(17-28)39-45-33(51-57-39)24-9-6-12-27(15-24)36-42-21(3)48-54-36/h4-18H,1-3H3. The van der Waals surface area contributed by atoms with Crippen LogP contribution in [0.15, 0.2) is 118 Å². The van der Waals surface area contributed by atoms with E-state index >= 15 is 0 Å². The van der Waals surface area contributed by atoms with Crippen LogP contribution in [0.3, 0.4) is 0 Å². The van der Waals surface area contributed by atoms with Crippen LogP contribution in [-0.4, -0.2) is 60.8 Å². The van der Waals surface area contributed by atoms with Crippen LogP contribution in [-0.2, 0) is 0 Å². The van der Waals surface area contributed by atoms with E-state index < -0.39 is 0 Å². The summed E-state index contributed by atoms with van der Waals surface area (Å²) < 4.78 is 33.5. The zero-order chi connectivity index (χ0) is 38.5. The molecular weight excluding hydrogens is 733 g/mol. The molecule has 0 aliphatic carbocycles. The van der Waals surface area contributed by atoms with Gasteiger partial charge in [0.15, 0.2) is 17.5 Å². The second-order valence-corrected chi connectivity index (χ2v) is 12.8. The molecule has 0 aliphatic rings. The Labute approximate surface area is 319 Å². The molecule has 18 nitrogen and oxygen atoms in total. The Kier molecular flexibility index (Phi) is 7.91. The van der Waals surface area contributed by atoms with Crippen molar-refractivity contribution < 1.29 is 27.1 Å². The van der Waals surface area contributed by atoms with E-state index in [-0.39, 0.29) is 17.7 Å². The van der Waals surface area contributed by atoms with Gasteiger partial charge in [0.1, 0.15) is 0 Å². The van der Waals surface area contributed by atoms with Gasteiger partial charge in [-0.05, 0) is 75.4 Å². The average Bonchev–Trinajstić information content (AvgIpc) is 4.10. The summed E-state index contributed by atoms with van der Waals surface area (Å²) in [7, 11) is 0. The van der Waals surface area contributed by atoms with Gasteiger partial charge in [0, 0.05) is 50.1 Å². The highest BCUT2D eigenvalue weighted by Crippen LogP contribution is 2.35. The molecule has 10 aromatic rings.